The molecule has 0 unspecified atom stereocenters. The second-order valence-corrected chi connectivity index (χ2v) is 6.57. The number of carbonyl (C=O) groups is 1. The van der Waals surface area contributed by atoms with Gasteiger partial charge in [-0.3, -0.25) is 4.79 Å². The van der Waals surface area contributed by atoms with Crippen LogP contribution in [0, 0.1) is 13.8 Å². The molecule has 1 N–H and O–H groups in total. The molecule has 25 heavy (non-hydrogen) atoms. The lowest BCUT2D eigenvalue weighted by Gasteiger charge is -2.13. The summed E-state index contributed by atoms with van der Waals surface area (Å²) in [6.45, 7) is 4.26. The smallest absolute Gasteiger partial charge is 0.230 e. The summed E-state index contributed by atoms with van der Waals surface area (Å²) in [7, 11) is 3.07. The average Bonchev–Trinajstić information content (AvgIpc) is 2.97. The molecule has 2 rings (SSSR count). The van der Waals surface area contributed by atoms with Crippen molar-refractivity contribution in [2.45, 2.75) is 25.9 Å². The minimum absolute atomic E-state index is 0.0657. The Bertz CT molecular complexity index is 681. The van der Waals surface area contributed by atoms with Gasteiger partial charge in [-0.05, 0) is 26.0 Å². The van der Waals surface area contributed by atoms with Crippen LogP contribution in [0.3, 0.4) is 0 Å². The number of aryl methyl sites for hydroxylation is 2. The number of nitrogens with zero attached hydrogens (tertiary/aromatic N) is 1. The molecule has 1 heterocycles. The molecule has 2 aromatic rings. The molecule has 136 valence electrons. The Kier molecular flexibility index (Phi) is 7.49. The number of carbonyl (C=O) groups excluding carboxylic acids is 1. The van der Waals surface area contributed by atoms with Gasteiger partial charge in [-0.1, -0.05) is 17.7 Å². The highest BCUT2D eigenvalue weighted by Gasteiger charge is 2.13. The van der Waals surface area contributed by atoms with Crippen LogP contribution in [0.5, 0.6) is 0 Å². The fourth-order valence-corrected chi connectivity index (χ4v) is 2.98. The number of amides is 1. The molecule has 0 aliphatic carbocycles. The number of oxazole rings is 1. The van der Waals surface area contributed by atoms with Crippen molar-refractivity contribution in [2.24, 2.45) is 0 Å². The quantitative estimate of drug-likeness (QED) is 0.690. The number of nitrogens with one attached hydrogen (secondary N) is 1. The molecule has 0 saturated heterocycles. The summed E-state index contributed by atoms with van der Waals surface area (Å²) >= 11 is 1.49. The van der Waals surface area contributed by atoms with Gasteiger partial charge in [0.1, 0.15) is 5.76 Å². The Labute approximate surface area is 152 Å². The molecular formula is C18H24N2O4S. The van der Waals surface area contributed by atoms with Crippen LogP contribution in [0.2, 0.25) is 0 Å². The number of benzene rings is 1. The van der Waals surface area contributed by atoms with Gasteiger partial charge in [0.15, 0.2) is 6.29 Å². The zero-order valence-corrected chi connectivity index (χ0v) is 15.8. The van der Waals surface area contributed by atoms with E-state index in [4.69, 9.17) is 13.9 Å². The maximum absolute atomic E-state index is 11.8. The van der Waals surface area contributed by atoms with Gasteiger partial charge in [-0.2, -0.15) is 0 Å². The van der Waals surface area contributed by atoms with Crippen LogP contribution >= 0.6 is 11.8 Å². The van der Waals surface area contributed by atoms with Crippen molar-refractivity contribution in [3.63, 3.8) is 0 Å². The fraction of sp³-hybridized carbons (Fsp3) is 0.444. The van der Waals surface area contributed by atoms with Crippen molar-refractivity contribution < 1.29 is 18.7 Å². The molecule has 7 heteroatoms. The van der Waals surface area contributed by atoms with Gasteiger partial charge in [0.2, 0.25) is 11.8 Å². The molecule has 1 amide bonds. The number of hydrogen-bond acceptors (Lipinski definition) is 6. The van der Waals surface area contributed by atoms with Crippen LogP contribution in [-0.4, -0.2) is 43.7 Å². The Morgan fingerprint density at radius 1 is 1.24 bits per heavy atom. The highest BCUT2D eigenvalue weighted by atomic mass is 32.2. The second kappa shape index (κ2) is 9.60. The summed E-state index contributed by atoms with van der Waals surface area (Å²) in [5.41, 5.74) is 3.01. The molecule has 0 radical (unpaired) electrons. The van der Waals surface area contributed by atoms with Gasteiger partial charge >= 0.3 is 0 Å². The Morgan fingerprint density at radius 2 is 1.92 bits per heavy atom. The summed E-state index contributed by atoms with van der Waals surface area (Å²) < 4.78 is 15.8. The van der Waals surface area contributed by atoms with Crippen LogP contribution in [0.15, 0.2) is 28.7 Å². The molecule has 1 aromatic heterocycles. The van der Waals surface area contributed by atoms with Crippen LogP contribution in [0.1, 0.15) is 17.0 Å². The van der Waals surface area contributed by atoms with E-state index in [0.717, 1.165) is 17.0 Å². The van der Waals surface area contributed by atoms with E-state index in [0.29, 0.717) is 23.9 Å². The van der Waals surface area contributed by atoms with Crippen molar-refractivity contribution in [3.8, 4) is 11.5 Å². The molecule has 0 fully saturated rings. The summed E-state index contributed by atoms with van der Waals surface area (Å²) in [5, 5.41) is 2.77. The summed E-state index contributed by atoms with van der Waals surface area (Å²) in [6, 6.07) is 8.04. The molecule has 0 spiro atoms. The van der Waals surface area contributed by atoms with E-state index in [2.05, 4.69) is 10.3 Å². The van der Waals surface area contributed by atoms with Gasteiger partial charge in [0, 0.05) is 25.5 Å². The number of thioether (sulfide) groups is 1. The summed E-state index contributed by atoms with van der Waals surface area (Å²) in [6.07, 6.45) is -0.427. The van der Waals surface area contributed by atoms with Crippen molar-refractivity contribution >= 4 is 17.7 Å². The monoisotopic (exact) mass is 364 g/mol. The van der Waals surface area contributed by atoms with Gasteiger partial charge in [0.05, 0.1) is 18.0 Å². The maximum Gasteiger partial charge on any atom is 0.230 e. The first-order chi connectivity index (χ1) is 12.0. The van der Waals surface area contributed by atoms with Crippen LogP contribution < -0.4 is 5.32 Å². The van der Waals surface area contributed by atoms with Gasteiger partial charge < -0.3 is 19.2 Å². The van der Waals surface area contributed by atoms with E-state index in [-0.39, 0.29) is 5.91 Å². The van der Waals surface area contributed by atoms with E-state index in [1.807, 2.05) is 38.1 Å². The standard InChI is InChI=1S/C18H24N2O4S/c1-12-5-7-14(8-6-12)18-20-15(13(2)24-18)10-25-11-16(21)19-9-17(22-3)23-4/h5-8,17H,9-11H2,1-4H3,(H,19,21). The van der Waals surface area contributed by atoms with Crippen molar-refractivity contribution in [2.75, 3.05) is 26.5 Å². The maximum atomic E-state index is 11.8. The number of aromatic nitrogens is 1. The Balaban J connectivity index is 1.83. The molecule has 0 aliphatic rings. The zero-order chi connectivity index (χ0) is 18.2. The van der Waals surface area contributed by atoms with Crippen LogP contribution in [0.25, 0.3) is 11.5 Å². The molecule has 0 aliphatic heterocycles. The number of methoxy groups -OCH3 is 2. The molecule has 6 nitrogen and oxygen atoms in total. The SMILES string of the molecule is COC(CNC(=O)CSCc1nc(-c2ccc(C)cc2)oc1C)OC. The normalized spacial score (nSPS) is 11.1. The lowest BCUT2D eigenvalue weighted by atomic mass is 10.1. The fourth-order valence-electron chi connectivity index (χ4n) is 2.13. The van der Waals surface area contributed by atoms with E-state index >= 15 is 0 Å². The highest BCUT2D eigenvalue weighted by Crippen LogP contribution is 2.24. The van der Waals surface area contributed by atoms with Crippen molar-refractivity contribution in [3.05, 3.63) is 41.3 Å². The van der Waals surface area contributed by atoms with E-state index in [1.54, 1.807) is 0 Å². The minimum Gasteiger partial charge on any atom is -0.441 e. The van der Waals surface area contributed by atoms with Crippen molar-refractivity contribution in [1.29, 1.82) is 0 Å². The molecular weight excluding hydrogens is 340 g/mol. The predicted octanol–water partition coefficient (Wildman–Crippen LogP) is 2.93. The second-order valence-electron chi connectivity index (χ2n) is 5.59. The van der Waals surface area contributed by atoms with E-state index < -0.39 is 6.29 Å². The lowest BCUT2D eigenvalue weighted by molar-refractivity contribution is -0.125. The predicted molar refractivity (Wildman–Crippen MR) is 98.4 cm³/mol. The summed E-state index contributed by atoms with van der Waals surface area (Å²) in [5.74, 6) is 2.28. The molecule has 0 atom stereocenters. The topological polar surface area (TPSA) is 73.6 Å². The Morgan fingerprint density at radius 3 is 2.56 bits per heavy atom. The lowest BCUT2D eigenvalue weighted by Crippen LogP contribution is -2.35. The van der Waals surface area contributed by atoms with Gasteiger partial charge in [-0.15, -0.1) is 11.8 Å². The molecule has 0 bridgehead atoms. The highest BCUT2D eigenvalue weighted by molar-refractivity contribution is 7.99. The van der Waals surface area contributed by atoms with Crippen molar-refractivity contribution in [1.82, 2.24) is 10.3 Å². The van der Waals surface area contributed by atoms with E-state index in [9.17, 15) is 4.79 Å². The molecule has 0 saturated carbocycles. The minimum atomic E-state index is -0.427. The van der Waals surface area contributed by atoms with E-state index in [1.165, 1.54) is 31.5 Å². The third kappa shape index (κ3) is 5.88. The first-order valence-corrected chi connectivity index (χ1v) is 9.12. The van der Waals surface area contributed by atoms with Gasteiger partial charge in [-0.25, -0.2) is 4.98 Å². The number of hydrogen-bond donors (Lipinski definition) is 1. The average molecular weight is 364 g/mol. The third-order valence-corrected chi connectivity index (χ3v) is 4.60. The van der Waals surface area contributed by atoms with Crippen LogP contribution in [0.4, 0.5) is 0 Å². The Hall–Kier alpha value is -1.83. The molecule has 1 aromatic carbocycles. The zero-order valence-electron chi connectivity index (χ0n) is 15.0. The number of rotatable bonds is 9. The van der Waals surface area contributed by atoms with Gasteiger partial charge in [0.25, 0.3) is 0 Å². The first-order valence-electron chi connectivity index (χ1n) is 7.97. The first kappa shape index (κ1) is 19.5. The summed E-state index contributed by atoms with van der Waals surface area (Å²) in [4.78, 5) is 16.4. The largest absolute Gasteiger partial charge is 0.441 e. The van der Waals surface area contributed by atoms with Crippen LogP contribution in [-0.2, 0) is 20.0 Å². The third-order valence-electron chi connectivity index (χ3n) is 3.65. The number of ether oxygens (including phenoxy) is 2.